The zero-order valence-electron chi connectivity index (χ0n) is 5.16. The minimum Gasteiger partial charge on any atom is -0.228 e. The SMILES string of the molecule is Cc1cc(I)c(Br)nc1Cl. The third kappa shape index (κ3) is 1.83. The molecule has 10 heavy (non-hydrogen) atoms. The number of rotatable bonds is 0. The highest BCUT2D eigenvalue weighted by Crippen LogP contribution is 2.22. The molecule has 4 heteroatoms. The summed E-state index contributed by atoms with van der Waals surface area (Å²) in [5, 5.41) is 0.562. The normalized spacial score (nSPS) is 10.0. The van der Waals surface area contributed by atoms with E-state index < -0.39 is 0 Å². The lowest BCUT2D eigenvalue weighted by Gasteiger charge is -1.98. The molecule has 0 saturated carbocycles. The number of nitrogens with zero attached hydrogens (tertiary/aromatic N) is 1. The van der Waals surface area contributed by atoms with Crippen LogP contribution in [0.2, 0.25) is 5.15 Å². The van der Waals surface area contributed by atoms with Crippen molar-refractivity contribution in [2.24, 2.45) is 0 Å². The second-order valence-corrected chi connectivity index (χ2v) is 4.14. The molecule has 0 aliphatic carbocycles. The number of hydrogen-bond donors (Lipinski definition) is 0. The maximum Gasteiger partial charge on any atom is 0.133 e. The summed E-state index contributed by atoms with van der Waals surface area (Å²) in [6.07, 6.45) is 0. The summed E-state index contributed by atoms with van der Waals surface area (Å²) in [7, 11) is 0. The Hall–Kier alpha value is 0.650. The van der Waals surface area contributed by atoms with Crippen LogP contribution < -0.4 is 0 Å². The van der Waals surface area contributed by atoms with Crippen molar-refractivity contribution in [3.63, 3.8) is 0 Å². The number of hydrogen-bond acceptors (Lipinski definition) is 1. The molecule has 1 rings (SSSR count). The fourth-order valence-corrected chi connectivity index (χ4v) is 1.66. The minimum atomic E-state index is 0.562. The van der Waals surface area contributed by atoms with Crippen molar-refractivity contribution in [3.05, 3.63) is 25.0 Å². The van der Waals surface area contributed by atoms with Crippen molar-refractivity contribution in [2.45, 2.75) is 6.92 Å². The van der Waals surface area contributed by atoms with E-state index in [4.69, 9.17) is 11.6 Å². The maximum absolute atomic E-state index is 5.74. The number of halogens is 3. The lowest BCUT2D eigenvalue weighted by Crippen LogP contribution is -1.85. The van der Waals surface area contributed by atoms with Crippen molar-refractivity contribution >= 4 is 50.1 Å². The van der Waals surface area contributed by atoms with Gasteiger partial charge in [-0.3, -0.25) is 0 Å². The molecule has 0 unspecified atom stereocenters. The first-order chi connectivity index (χ1) is 4.61. The van der Waals surface area contributed by atoms with Crippen LogP contribution >= 0.6 is 50.1 Å². The molecule has 0 radical (unpaired) electrons. The van der Waals surface area contributed by atoms with Gasteiger partial charge in [0.05, 0.1) is 0 Å². The third-order valence-electron chi connectivity index (χ3n) is 1.06. The molecule has 1 aromatic heterocycles. The predicted octanol–water partition coefficient (Wildman–Crippen LogP) is 3.41. The molecule has 0 N–H and O–H groups in total. The van der Waals surface area contributed by atoms with E-state index in [1.807, 2.05) is 13.0 Å². The van der Waals surface area contributed by atoms with Crippen molar-refractivity contribution < 1.29 is 0 Å². The molecule has 0 fully saturated rings. The van der Waals surface area contributed by atoms with Crippen LogP contribution in [0.1, 0.15) is 5.56 Å². The molecular weight excluding hydrogens is 328 g/mol. The first-order valence-electron chi connectivity index (χ1n) is 2.59. The van der Waals surface area contributed by atoms with E-state index in [1.54, 1.807) is 0 Å². The molecule has 0 aliphatic rings. The van der Waals surface area contributed by atoms with Crippen molar-refractivity contribution in [3.8, 4) is 0 Å². The second kappa shape index (κ2) is 3.36. The summed E-state index contributed by atoms with van der Waals surface area (Å²) in [5.41, 5.74) is 1.01. The topological polar surface area (TPSA) is 12.9 Å². The lowest BCUT2D eigenvalue weighted by molar-refractivity contribution is 1.21. The van der Waals surface area contributed by atoms with Gasteiger partial charge in [0.15, 0.2) is 0 Å². The van der Waals surface area contributed by atoms with Crippen LogP contribution in [-0.2, 0) is 0 Å². The maximum atomic E-state index is 5.74. The van der Waals surface area contributed by atoms with Crippen LogP contribution in [-0.4, -0.2) is 4.98 Å². The van der Waals surface area contributed by atoms with Crippen LogP contribution in [0.5, 0.6) is 0 Å². The van der Waals surface area contributed by atoms with Gasteiger partial charge in [-0.1, -0.05) is 11.6 Å². The minimum absolute atomic E-state index is 0.562. The Kier molecular flexibility index (Phi) is 2.94. The highest BCUT2D eigenvalue weighted by Gasteiger charge is 2.01. The highest BCUT2D eigenvalue weighted by molar-refractivity contribution is 14.1. The van der Waals surface area contributed by atoms with Gasteiger partial charge in [-0.2, -0.15) is 0 Å². The molecule has 0 bridgehead atoms. The van der Waals surface area contributed by atoms with Gasteiger partial charge >= 0.3 is 0 Å². The third-order valence-corrected chi connectivity index (χ3v) is 3.61. The van der Waals surface area contributed by atoms with E-state index in [9.17, 15) is 0 Å². The Bertz CT molecular complexity index is 214. The average Bonchev–Trinajstić information content (AvgIpc) is 1.84. The molecular formula is C6H4BrClIN. The van der Waals surface area contributed by atoms with E-state index in [-0.39, 0.29) is 0 Å². The predicted molar refractivity (Wildman–Crippen MR) is 54.4 cm³/mol. The van der Waals surface area contributed by atoms with Gasteiger partial charge < -0.3 is 0 Å². The highest BCUT2D eigenvalue weighted by atomic mass is 127. The Morgan fingerprint density at radius 2 is 2.30 bits per heavy atom. The van der Waals surface area contributed by atoms with Crippen LogP contribution in [0.25, 0.3) is 0 Å². The van der Waals surface area contributed by atoms with E-state index in [0.717, 1.165) is 13.7 Å². The van der Waals surface area contributed by atoms with Crippen LogP contribution in [0, 0.1) is 10.5 Å². The van der Waals surface area contributed by atoms with Gasteiger partial charge in [0.2, 0.25) is 0 Å². The first-order valence-corrected chi connectivity index (χ1v) is 4.84. The lowest BCUT2D eigenvalue weighted by atomic mass is 10.3. The summed E-state index contributed by atoms with van der Waals surface area (Å²) in [6.45, 7) is 1.93. The van der Waals surface area contributed by atoms with Crippen molar-refractivity contribution in [1.29, 1.82) is 0 Å². The first kappa shape index (κ1) is 8.74. The standard InChI is InChI=1S/C6H4BrClIN/c1-3-2-4(9)5(7)10-6(3)8/h2H,1H3. The van der Waals surface area contributed by atoms with Crippen molar-refractivity contribution in [1.82, 2.24) is 4.98 Å². The Morgan fingerprint density at radius 3 is 2.80 bits per heavy atom. The van der Waals surface area contributed by atoms with Gasteiger partial charge in [0.1, 0.15) is 9.76 Å². The number of aromatic nitrogens is 1. The van der Waals surface area contributed by atoms with E-state index in [1.165, 1.54) is 0 Å². The van der Waals surface area contributed by atoms with Crippen LogP contribution in [0.3, 0.4) is 0 Å². The second-order valence-electron chi connectivity index (χ2n) is 1.87. The molecule has 0 aliphatic heterocycles. The summed E-state index contributed by atoms with van der Waals surface area (Å²) in [5.74, 6) is 0. The van der Waals surface area contributed by atoms with Crippen LogP contribution in [0.4, 0.5) is 0 Å². The van der Waals surface area contributed by atoms with Gasteiger partial charge in [0.25, 0.3) is 0 Å². The van der Waals surface area contributed by atoms with E-state index >= 15 is 0 Å². The smallest absolute Gasteiger partial charge is 0.133 e. The van der Waals surface area contributed by atoms with Gasteiger partial charge in [0, 0.05) is 3.57 Å². The summed E-state index contributed by atoms with van der Waals surface area (Å²) in [6, 6.07) is 1.99. The molecule has 54 valence electrons. The van der Waals surface area contributed by atoms with Gasteiger partial charge in [-0.05, 0) is 57.1 Å². The van der Waals surface area contributed by atoms with Crippen LogP contribution in [0.15, 0.2) is 10.7 Å². The molecule has 0 atom stereocenters. The number of aryl methyl sites for hydroxylation is 1. The quantitative estimate of drug-likeness (QED) is 0.524. The molecule has 0 amide bonds. The Labute approximate surface area is 86.4 Å². The average molecular weight is 332 g/mol. The van der Waals surface area contributed by atoms with E-state index in [0.29, 0.717) is 5.15 Å². The molecule has 1 heterocycles. The largest absolute Gasteiger partial charge is 0.228 e. The monoisotopic (exact) mass is 331 g/mol. The van der Waals surface area contributed by atoms with Crippen molar-refractivity contribution in [2.75, 3.05) is 0 Å². The summed E-state index contributed by atoms with van der Waals surface area (Å²) >= 11 is 11.2. The Balaban J connectivity index is 3.28. The fraction of sp³-hybridized carbons (Fsp3) is 0.167. The molecule has 1 aromatic rings. The summed E-state index contributed by atoms with van der Waals surface area (Å²) < 4.78 is 1.89. The molecule has 0 spiro atoms. The number of pyridine rings is 1. The van der Waals surface area contributed by atoms with E-state index in [2.05, 4.69) is 43.5 Å². The molecule has 0 aromatic carbocycles. The molecule has 0 saturated heterocycles. The Morgan fingerprint density at radius 1 is 1.70 bits per heavy atom. The molecule has 1 nitrogen and oxygen atoms in total. The fourth-order valence-electron chi connectivity index (χ4n) is 0.537. The zero-order valence-corrected chi connectivity index (χ0v) is 9.66. The zero-order chi connectivity index (χ0) is 7.72. The van der Waals surface area contributed by atoms with Gasteiger partial charge in [-0.15, -0.1) is 0 Å². The van der Waals surface area contributed by atoms with Gasteiger partial charge in [-0.25, -0.2) is 4.98 Å². The summed E-state index contributed by atoms with van der Waals surface area (Å²) in [4.78, 5) is 4.05.